The number of nitro groups is 2. The molecule has 5 saturated carbocycles. The summed E-state index contributed by atoms with van der Waals surface area (Å²) in [7, 11) is -4.67. The third-order valence-electron chi connectivity index (χ3n) is 18.2. The standard InChI is InChI=1S/C14H18N2O3.C14H20N2O.C12H16N2O2.C12H18N2.C12H17N.C6H15N.C4H6O3.CH2O2.CH4.K.HNO3.H3N.H2O4S/c1-10(17)15-12-7-8-13(14(9-12)16(18)19)11-5-3-2-4-6-11;1-10(17)16-12-7-8-13(14(15)9-12)11-5-3-2-4-6-11;13-10-6-7-11(12(8-10)14(15)16)9-4-2-1-3-5-9;13-10-6-7-11(12(14)8-10)9-4-2-1-3-5-9;13-12-8-6-11(7-9-12)10-4-2-1-3-5-10;1-4-7(5-2)6-3;1-3(5)7-4(2)6;2-1-3;;;2-1-4-3;;1-5(2,3)4/h7-9,11H,2-6H2,1H3,(H,15,17);7-9,11H,2-6,15H2,1H3,(H,16,17);6-9H,1-5,13H2;6-9H,1-5,13-14H2;6-10H,1-5,13H2;4-6H2,1-3H3;1-2H3;1H,(H,2,3);1H4;;3H;1H3;(H2,1,2,3,4)/q;;;;;;;;;+1;;;/p-1. The Bertz CT molecular complexity index is 3490. The zero-order valence-corrected chi connectivity index (χ0v) is 67.7. The number of amides is 2. The van der Waals surface area contributed by atoms with Gasteiger partial charge in [-0.2, -0.15) is 8.42 Å². The zero-order valence-electron chi connectivity index (χ0n) is 63.8. The molecule has 108 heavy (non-hydrogen) atoms. The van der Waals surface area contributed by atoms with E-state index in [0.29, 0.717) is 29.1 Å². The third-order valence-corrected chi connectivity index (χ3v) is 18.2. The quantitative estimate of drug-likeness (QED) is 0.00498. The second-order valence-electron chi connectivity index (χ2n) is 25.9. The molecule has 30 nitrogen and oxygen atoms in total. The molecule has 32 heteroatoms. The maximum absolute atomic E-state index is 11.2. The van der Waals surface area contributed by atoms with Gasteiger partial charge in [-0.25, -0.2) is 0 Å². The maximum atomic E-state index is 11.2. The predicted molar refractivity (Wildman–Crippen MR) is 423 cm³/mol. The first-order valence-corrected chi connectivity index (χ1v) is 37.3. The molecule has 0 aliphatic heterocycles. The van der Waals surface area contributed by atoms with Crippen LogP contribution < -0.4 is 102 Å². The molecule has 18 N–H and O–H groups in total. The van der Waals surface area contributed by atoms with Crippen molar-refractivity contribution in [2.45, 2.75) is 246 Å². The smallest absolute Gasteiger partial charge is 0.635 e. The van der Waals surface area contributed by atoms with Crippen LogP contribution in [0.15, 0.2) is 102 Å². The van der Waals surface area contributed by atoms with Crippen LogP contribution in [0, 0.1) is 25.1 Å². The van der Waals surface area contributed by atoms with E-state index in [2.05, 4.69) is 70.3 Å². The Morgan fingerprint density at radius 2 is 0.778 bits per heavy atom. The summed E-state index contributed by atoms with van der Waals surface area (Å²) in [6, 6.07) is 30.3. The first-order chi connectivity index (χ1) is 49.9. The number of benzene rings is 5. The van der Waals surface area contributed by atoms with Gasteiger partial charge in [0.15, 0.2) is 0 Å². The van der Waals surface area contributed by atoms with Gasteiger partial charge in [-0.05, 0) is 191 Å². The van der Waals surface area contributed by atoms with Crippen LogP contribution in [0.3, 0.4) is 0 Å². The summed E-state index contributed by atoms with van der Waals surface area (Å²) in [6.07, 6.45) is 31.2. The summed E-state index contributed by atoms with van der Waals surface area (Å²) in [5.74, 6) is 1.29. The van der Waals surface area contributed by atoms with Crippen molar-refractivity contribution >= 4 is 91.8 Å². The average Bonchev–Trinajstić information content (AvgIpc) is 0.835. The number of nitrogen functional groups attached to an aromatic ring is 5. The molecule has 2 amide bonds. The van der Waals surface area contributed by atoms with E-state index in [0.717, 1.165) is 84.0 Å². The van der Waals surface area contributed by atoms with Gasteiger partial charge in [-0.15, -0.1) is 4.91 Å². The average molecular weight is 1560 g/mol. The number of esters is 2. The normalized spacial score (nSPS) is 14.7. The van der Waals surface area contributed by atoms with Gasteiger partial charge in [-0.3, -0.25) is 53.3 Å². The Morgan fingerprint density at radius 3 is 1.06 bits per heavy atom. The molecule has 5 aromatic carbocycles. The second kappa shape index (κ2) is 60.1. The Balaban J connectivity index is -0.00000118. The minimum Gasteiger partial charge on any atom is -0.635 e. The third kappa shape index (κ3) is 46.6. The van der Waals surface area contributed by atoms with Crippen LogP contribution >= 0.6 is 0 Å². The van der Waals surface area contributed by atoms with Crippen molar-refractivity contribution in [2.75, 3.05) is 58.9 Å². The number of carboxylic acid groups (broad SMARTS) is 1. The minimum absolute atomic E-state index is 0. The summed E-state index contributed by atoms with van der Waals surface area (Å²) in [5, 5.41) is 44.1. The number of hydrogen-bond acceptors (Lipinski definition) is 23. The first kappa shape index (κ1) is 104. The van der Waals surface area contributed by atoms with Gasteiger partial charge in [0.25, 0.3) is 17.8 Å². The molecule has 5 aliphatic rings. The first-order valence-electron chi connectivity index (χ1n) is 35.9. The van der Waals surface area contributed by atoms with Crippen LogP contribution in [0.4, 0.5) is 51.2 Å². The fraction of sp³-hybridized carbons (Fsp3) is 0.539. The fourth-order valence-electron chi connectivity index (χ4n) is 13.3. The van der Waals surface area contributed by atoms with Crippen LogP contribution in [-0.4, -0.2) is 87.2 Å². The van der Waals surface area contributed by atoms with Crippen molar-refractivity contribution in [3.8, 4) is 0 Å². The number of anilines is 7. The Morgan fingerprint density at radius 1 is 0.509 bits per heavy atom. The van der Waals surface area contributed by atoms with Gasteiger partial charge >= 0.3 is 73.7 Å². The number of carbonyl (C=O) groups excluding carboxylic acids is 4. The molecule has 0 radical (unpaired) electrons. The van der Waals surface area contributed by atoms with Gasteiger partial charge in [0.1, 0.15) is 5.34 Å². The Kier molecular flexibility index (Phi) is 58.1. The molecule has 5 aromatic rings. The van der Waals surface area contributed by atoms with Crippen molar-refractivity contribution in [1.29, 1.82) is 0 Å². The summed E-state index contributed by atoms with van der Waals surface area (Å²) in [6.45, 7) is 15.1. The van der Waals surface area contributed by atoms with Crippen molar-refractivity contribution in [2.24, 2.45) is 5.34 Å². The van der Waals surface area contributed by atoms with E-state index < -0.39 is 22.3 Å². The van der Waals surface area contributed by atoms with Gasteiger partial charge < -0.3 is 70.4 Å². The topological polar surface area (TPSA) is 530 Å². The molecule has 0 atom stereocenters. The van der Waals surface area contributed by atoms with Crippen molar-refractivity contribution in [3.63, 3.8) is 0 Å². The molecule has 600 valence electrons. The zero-order chi connectivity index (χ0) is 78.9. The molecule has 0 bridgehead atoms. The van der Waals surface area contributed by atoms with Gasteiger partial charge in [-0.1, -0.05) is 149 Å². The number of nitrogens with two attached hydrogens (primary N) is 5. The van der Waals surface area contributed by atoms with Crippen molar-refractivity contribution in [1.82, 2.24) is 11.1 Å². The number of carbonyl (C=O) groups is 5. The van der Waals surface area contributed by atoms with Gasteiger partial charge in [0.05, 0.1) is 9.85 Å². The summed E-state index contributed by atoms with van der Waals surface area (Å²) in [5.41, 5.74) is 40.0. The molecule has 5 aliphatic carbocycles. The molecular formula is C76H121KN12O18S. The van der Waals surface area contributed by atoms with Gasteiger partial charge in [0, 0.05) is 90.8 Å². The summed E-state index contributed by atoms with van der Waals surface area (Å²) in [4.78, 5) is 84.6. The van der Waals surface area contributed by atoms with Gasteiger partial charge in [0.2, 0.25) is 11.8 Å². The molecule has 0 unspecified atom stereocenters. The van der Waals surface area contributed by atoms with E-state index in [-0.39, 0.29) is 110 Å². The number of ether oxygens (including phenoxy) is 1. The maximum Gasteiger partial charge on any atom is 1.00 e. The number of nitro benzene ring substituents is 2. The van der Waals surface area contributed by atoms with Crippen LogP contribution in [0.25, 0.3) is 0 Å². The van der Waals surface area contributed by atoms with E-state index >= 15 is 0 Å². The van der Waals surface area contributed by atoms with Crippen molar-refractivity contribution < 1.29 is 123 Å². The monoisotopic (exact) mass is 1560 g/mol. The number of nitrogens with zero attached hydrogens (tertiary/aromatic N) is 4. The van der Waals surface area contributed by atoms with Crippen LogP contribution in [0.5, 0.6) is 0 Å². The minimum atomic E-state index is -4.67. The van der Waals surface area contributed by atoms with Crippen LogP contribution in [0.2, 0.25) is 0 Å². The molecule has 5 fully saturated rings. The predicted octanol–water partition coefficient (Wildman–Crippen LogP) is 13.6. The number of hydrogen-bond donors (Lipinski definition) is 11. The fourth-order valence-corrected chi connectivity index (χ4v) is 13.3. The largest absolute Gasteiger partial charge is 1.00 e. The molecule has 0 aromatic heterocycles. The SMILES string of the molecule is C.CC(=O)Nc1ccc(C2CCCCC2)c(N)c1.CC(=O)Nc1ccc(C2CCCCC2)c([N+](=O)[O-])c1.CC(=O)OC(C)=O.CCN(CC)CC.N.Nc1ccc(C2CCCCC2)c(N)c1.Nc1ccc(C2CCCCC2)c([N+](=O)[O-])c1.Nc1ccc(C2CCCCC2)cc1.O=CO.O=NO[O-].O=S(=O)(O)O.[K+]. The molecule has 10 rings (SSSR count). The van der Waals surface area contributed by atoms with Crippen molar-refractivity contribution in [3.05, 3.63) is 150 Å². The summed E-state index contributed by atoms with van der Waals surface area (Å²) >= 11 is 0. The Hall–Kier alpha value is -7.76. The molecule has 0 saturated heterocycles. The van der Waals surface area contributed by atoms with E-state index in [9.17, 15) is 39.4 Å². The molecular weight excluding hydrogens is 1440 g/mol. The van der Waals surface area contributed by atoms with E-state index in [1.54, 1.807) is 18.2 Å². The summed E-state index contributed by atoms with van der Waals surface area (Å²) < 4.78 is 35.6. The van der Waals surface area contributed by atoms with E-state index in [4.69, 9.17) is 66.3 Å². The number of nitrogens with one attached hydrogen (secondary N) is 2. The molecule has 0 spiro atoms. The van der Waals surface area contributed by atoms with Crippen LogP contribution in [0.1, 0.15) is 274 Å². The van der Waals surface area contributed by atoms with Crippen LogP contribution in [-0.2, 0) is 44.1 Å². The number of rotatable bonds is 13. The molecule has 0 heterocycles. The Labute approximate surface area is 680 Å². The van der Waals surface area contributed by atoms with E-state index in [1.807, 2.05) is 42.5 Å². The van der Waals surface area contributed by atoms with E-state index in [1.165, 1.54) is 203 Å². The second-order valence-corrected chi connectivity index (χ2v) is 26.8.